The fraction of sp³-hybridized carbons (Fsp3) is 0.333. The Labute approximate surface area is 110 Å². The maximum absolute atomic E-state index is 12.6. The Balaban J connectivity index is 2.25. The zero-order valence-corrected chi connectivity index (χ0v) is 10.5. The van der Waals surface area contributed by atoms with Gasteiger partial charge < -0.3 is 10.6 Å². The van der Waals surface area contributed by atoms with Crippen LogP contribution in [0, 0.1) is 5.82 Å². The largest absolute Gasteiger partial charge is 0.354 e. The zero-order valence-electron chi connectivity index (χ0n) is 9.71. The average Bonchev–Trinajstić information content (AvgIpc) is 2.35. The second-order valence-corrected chi connectivity index (χ2v) is 3.93. The Morgan fingerprint density at radius 2 is 1.72 bits per heavy atom. The van der Waals surface area contributed by atoms with Crippen LogP contribution in [0.3, 0.4) is 0 Å². The Bertz CT molecular complexity index is 409. The minimum absolute atomic E-state index is 0.152. The number of nitrogens with one attached hydrogen (secondary N) is 2. The monoisotopic (exact) mass is 272 g/mol. The van der Waals surface area contributed by atoms with Gasteiger partial charge in [0.1, 0.15) is 5.82 Å². The molecule has 4 nitrogen and oxygen atoms in total. The summed E-state index contributed by atoms with van der Waals surface area (Å²) in [6, 6.07) is 5.24. The van der Waals surface area contributed by atoms with Gasteiger partial charge in [0, 0.05) is 31.0 Å². The fourth-order valence-corrected chi connectivity index (χ4v) is 1.43. The molecule has 1 rings (SSSR count). The number of hydrogen-bond acceptors (Lipinski definition) is 2. The number of amides is 2. The molecule has 2 amide bonds. The lowest BCUT2D eigenvalue weighted by atomic mass is 10.2. The Morgan fingerprint density at radius 1 is 1.11 bits per heavy atom. The molecule has 1 aromatic rings. The third-order valence-corrected chi connectivity index (χ3v) is 2.35. The second-order valence-electron chi connectivity index (χ2n) is 3.55. The topological polar surface area (TPSA) is 58.2 Å². The Kier molecular flexibility index (Phi) is 6.14. The maximum Gasteiger partial charge on any atom is 0.251 e. The van der Waals surface area contributed by atoms with E-state index in [-0.39, 0.29) is 29.9 Å². The lowest BCUT2D eigenvalue weighted by molar-refractivity contribution is -0.120. The van der Waals surface area contributed by atoms with Crippen molar-refractivity contribution in [3.63, 3.8) is 0 Å². The molecule has 18 heavy (non-hydrogen) atoms. The molecular weight excluding hydrogens is 259 g/mol. The van der Waals surface area contributed by atoms with Gasteiger partial charge in [-0.2, -0.15) is 0 Å². The van der Waals surface area contributed by atoms with E-state index in [1.54, 1.807) is 0 Å². The summed E-state index contributed by atoms with van der Waals surface area (Å²) in [7, 11) is 0. The first kappa shape index (κ1) is 14.4. The van der Waals surface area contributed by atoms with Crippen molar-refractivity contribution in [2.75, 3.05) is 19.0 Å². The van der Waals surface area contributed by atoms with Gasteiger partial charge in [-0.3, -0.25) is 9.59 Å². The minimum atomic E-state index is -0.389. The first-order valence-corrected chi connectivity index (χ1v) is 6.03. The van der Waals surface area contributed by atoms with E-state index in [1.807, 2.05) is 0 Å². The van der Waals surface area contributed by atoms with E-state index in [9.17, 15) is 14.0 Å². The van der Waals surface area contributed by atoms with Crippen molar-refractivity contribution >= 4 is 23.4 Å². The van der Waals surface area contributed by atoms with Crippen molar-refractivity contribution in [1.82, 2.24) is 10.6 Å². The van der Waals surface area contributed by atoms with E-state index >= 15 is 0 Å². The van der Waals surface area contributed by atoms with Crippen molar-refractivity contribution < 1.29 is 14.0 Å². The molecule has 0 aliphatic carbocycles. The summed E-state index contributed by atoms with van der Waals surface area (Å²) < 4.78 is 12.6. The van der Waals surface area contributed by atoms with E-state index in [4.69, 9.17) is 11.6 Å². The summed E-state index contributed by atoms with van der Waals surface area (Å²) in [5.41, 5.74) is 0.378. The molecule has 1 aromatic carbocycles. The summed E-state index contributed by atoms with van der Waals surface area (Å²) in [5.74, 6) is -0.573. The van der Waals surface area contributed by atoms with Crippen LogP contribution < -0.4 is 10.6 Å². The van der Waals surface area contributed by atoms with Crippen molar-refractivity contribution in [1.29, 1.82) is 0 Å². The van der Waals surface area contributed by atoms with Crippen LogP contribution in [0.15, 0.2) is 24.3 Å². The van der Waals surface area contributed by atoms with E-state index in [0.29, 0.717) is 18.7 Å². The van der Waals surface area contributed by atoms with Gasteiger partial charge in [0.05, 0.1) is 0 Å². The SMILES string of the molecule is O=C(CCCl)NCCNC(=O)c1ccc(F)cc1. The van der Waals surface area contributed by atoms with Gasteiger partial charge in [-0.05, 0) is 24.3 Å². The molecule has 0 aliphatic heterocycles. The summed E-state index contributed by atoms with van der Waals surface area (Å²) in [6.07, 6.45) is 0.257. The third-order valence-electron chi connectivity index (χ3n) is 2.16. The van der Waals surface area contributed by atoms with Crippen molar-refractivity contribution in [2.24, 2.45) is 0 Å². The quantitative estimate of drug-likeness (QED) is 0.606. The molecule has 0 unspecified atom stereocenters. The number of rotatable bonds is 6. The standard InChI is InChI=1S/C12H14ClFN2O2/c13-6-5-11(17)15-7-8-16-12(18)9-1-3-10(14)4-2-9/h1-4H,5-8H2,(H,15,17)(H,16,18). The van der Waals surface area contributed by atoms with Crippen molar-refractivity contribution in [3.8, 4) is 0 Å². The van der Waals surface area contributed by atoms with Crippen LogP contribution in [0.5, 0.6) is 0 Å². The highest BCUT2D eigenvalue weighted by atomic mass is 35.5. The van der Waals surface area contributed by atoms with Gasteiger partial charge in [0.15, 0.2) is 0 Å². The van der Waals surface area contributed by atoms with Crippen LogP contribution >= 0.6 is 11.6 Å². The van der Waals surface area contributed by atoms with Crippen LogP contribution in [0.25, 0.3) is 0 Å². The lowest BCUT2D eigenvalue weighted by Gasteiger charge is -2.06. The molecule has 0 heterocycles. The highest BCUT2D eigenvalue weighted by molar-refractivity contribution is 6.18. The van der Waals surface area contributed by atoms with Gasteiger partial charge in [0.25, 0.3) is 5.91 Å². The predicted octanol–water partition coefficient (Wildman–Crippen LogP) is 1.30. The Hall–Kier alpha value is -1.62. The van der Waals surface area contributed by atoms with E-state index in [0.717, 1.165) is 0 Å². The molecule has 0 spiro atoms. The molecule has 0 fully saturated rings. The molecule has 0 radical (unpaired) electrons. The lowest BCUT2D eigenvalue weighted by Crippen LogP contribution is -2.34. The molecule has 0 aromatic heterocycles. The summed E-state index contributed by atoms with van der Waals surface area (Å²) in [6.45, 7) is 0.646. The average molecular weight is 273 g/mol. The minimum Gasteiger partial charge on any atom is -0.354 e. The number of benzene rings is 1. The first-order chi connectivity index (χ1) is 8.63. The highest BCUT2D eigenvalue weighted by Crippen LogP contribution is 2.01. The Morgan fingerprint density at radius 3 is 2.33 bits per heavy atom. The van der Waals surface area contributed by atoms with Crippen LogP contribution in [-0.4, -0.2) is 30.8 Å². The van der Waals surface area contributed by atoms with E-state index in [1.165, 1.54) is 24.3 Å². The third kappa shape index (κ3) is 5.14. The van der Waals surface area contributed by atoms with Gasteiger partial charge in [0.2, 0.25) is 5.91 Å². The second kappa shape index (κ2) is 7.66. The van der Waals surface area contributed by atoms with Crippen LogP contribution in [-0.2, 0) is 4.79 Å². The van der Waals surface area contributed by atoms with Gasteiger partial charge in [-0.15, -0.1) is 11.6 Å². The molecule has 98 valence electrons. The summed E-state index contributed by atoms with van der Waals surface area (Å²) >= 11 is 5.39. The first-order valence-electron chi connectivity index (χ1n) is 5.50. The number of carbonyl (C=O) groups excluding carboxylic acids is 2. The van der Waals surface area contributed by atoms with Crippen LogP contribution in [0.1, 0.15) is 16.8 Å². The van der Waals surface area contributed by atoms with Gasteiger partial charge >= 0.3 is 0 Å². The van der Waals surface area contributed by atoms with Gasteiger partial charge in [-0.25, -0.2) is 4.39 Å². The number of hydrogen-bond donors (Lipinski definition) is 2. The summed E-state index contributed by atoms with van der Waals surface area (Å²) in [5, 5.41) is 5.21. The molecule has 0 saturated carbocycles. The molecule has 0 saturated heterocycles. The maximum atomic E-state index is 12.6. The predicted molar refractivity (Wildman–Crippen MR) is 67.1 cm³/mol. The van der Waals surface area contributed by atoms with Crippen LogP contribution in [0.4, 0.5) is 4.39 Å². The summed E-state index contributed by atoms with van der Waals surface area (Å²) in [4.78, 5) is 22.6. The number of alkyl halides is 1. The van der Waals surface area contributed by atoms with Gasteiger partial charge in [-0.1, -0.05) is 0 Å². The smallest absolute Gasteiger partial charge is 0.251 e. The number of halogens is 2. The van der Waals surface area contributed by atoms with Crippen molar-refractivity contribution in [2.45, 2.75) is 6.42 Å². The van der Waals surface area contributed by atoms with Crippen molar-refractivity contribution in [3.05, 3.63) is 35.6 Å². The normalized spacial score (nSPS) is 9.89. The van der Waals surface area contributed by atoms with E-state index in [2.05, 4.69) is 10.6 Å². The zero-order chi connectivity index (χ0) is 13.4. The molecule has 0 aliphatic rings. The number of carbonyl (C=O) groups is 2. The van der Waals surface area contributed by atoms with E-state index < -0.39 is 0 Å². The molecule has 0 bridgehead atoms. The molecule has 2 N–H and O–H groups in total. The van der Waals surface area contributed by atoms with Crippen LogP contribution in [0.2, 0.25) is 0 Å². The highest BCUT2D eigenvalue weighted by Gasteiger charge is 2.04. The fourth-order valence-electron chi connectivity index (χ4n) is 1.26. The molecule has 0 atom stereocenters. The molecule has 6 heteroatoms. The molecular formula is C12H14ClFN2O2.